The molecule has 0 aliphatic carbocycles. The molecule has 0 saturated carbocycles. The van der Waals surface area contributed by atoms with Crippen LogP contribution in [0.25, 0.3) is 0 Å². The Balaban J connectivity index is 2.96. The summed E-state index contributed by atoms with van der Waals surface area (Å²) >= 11 is 0. The van der Waals surface area contributed by atoms with E-state index < -0.39 is 5.97 Å². The van der Waals surface area contributed by atoms with Crippen molar-refractivity contribution in [1.82, 2.24) is 10.3 Å². The van der Waals surface area contributed by atoms with Crippen molar-refractivity contribution < 1.29 is 14.7 Å². The van der Waals surface area contributed by atoms with Crippen LogP contribution >= 0.6 is 0 Å². The van der Waals surface area contributed by atoms with Crippen LogP contribution in [-0.4, -0.2) is 28.0 Å². The average Bonchev–Trinajstić information content (AvgIpc) is 2.54. The first kappa shape index (κ1) is 14.3. The molecule has 1 aromatic rings. The summed E-state index contributed by atoms with van der Waals surface area (Å²) in [6.45, 7) is 7.35. The Morgan fingerprint density at radius 2 is 2.00 bits per heavy atom. The number of carboxylic acid groups (broad SMARTS) is 1. The number of aryl methyl sites for hydroxylation is 1. The van der Waals surface area contributed by atoms with Crippen molar-refractivity contribution in [3.8, 4) is 0 Å². The molecule has 0 aliphatic rings. The number of aromatic amines is 1. The molecule has 100 valence electrons. The van der Waals surface area contributed by atoms with Crippen LogP contribution in [0.5, 0.6) is 0 Å². The molecule has 1 unspecified atom stereocenters. The lowest BCUT2D eigenvalue weighted by Crippen LogP contribution is -2.33. The van der Waals surface area contributed by atoms with Crippen molar-refractivity contribution in [2.24, 2.45) is 0 Å². The van der Waals surface area contributed by atoms with Crippen molar-refractivity contribution in [2.75, 3.05) is 0 Å². The Kier molecular flexibility index (Phi) is 4.53. The summed E-state index contributed by atoms with van der Waals surface area (Å²) in [6, 6.07) is 0.0875. The van der Waals surface area contributed by atoms with Crippen LogP contribution in [0.2, 0.25) is 0 Å². The van der Waals surface area contributed by atoms with Gasteiger partial charge < -0.3 is 15.4 Å². The fourth-order valence-electron chi connectivity index (χ4n) is 2.11. The summed E-state index contributed by atoms with van der Waals surface area (Å²) in [7, 11) is 0. The van der Waals surface area contributed by atoms with Crippen LogP contribution in [0.3, 0.4) is 0 Å². The van der Waals surface area contributed by atoms with E-state index in [1.807, 2.05) is 6.92 Å². The van der Waals surface area contributed by atoms with Crippen molar-refractivity contribution in [1.29, 1.82) is 0 Å². The van der Waals surface area contributed by atoms with E-state index in [1.165, 1.54) is 0 Å². The topological polar surface area (TPSA) is 82.2 Å². The van der Waals surface area contributed by atoms with E-state index >= 15 is 0 Å². The molecule has 0 saturated heterocycles. The Hall–Kier alpha value is -1.78. The molecule has 5 heteroatoms. The first-order valence-electron chi connectivity index (χ1n) is 6.11. The van der Waals surface area contributed by atoms with Gasteiger partial charge in [0.05, 0.1) is 5.56 Å². The van der Waals surface area contributed by atoms with E-state index in [0.717, 1.165) is 12.8 Å². The SMILES string of the molecule is CCCC(C)NC(=O)c1c(C)[nH]c(C(=O)O)c1C. The maximum atomic E-state index is 12.1. The van der Waals surface area contributed by atoms with Crippen LogP contribution in [0.4, 0.5) is 0 Å². The second kappa shape index (κ2) is 5.71. The number of carboxylic acids is 1. The lowest BCUT2D eigenvalue weighted by molar-refractivity contribution is 0.0690. The van der Waals surface area contributed by atoms with Gasteiger partial charge in [-0.15, -0.1) is 0 Å². The number of hydrogen-bond acceptors (Lipinski definition) is 2. The molecule has 1 atom stereocenters. The first-order chi connectivity index (χ1) is 8.38. The molecule has 1 heterocycles. The van der Waals surface area contributed by atoms with Gasteiger partial charge in [0, 0.05) is 11.7 Å². The highest BCUT2D eigenvalue weighted by Gasteiger charge is 2.22. The van der Waals surface area contributed by atoms with Crippen molar-refractivity contribution >= 4 is 11.9 Å². The van der Waals surface area contributed by atoms with Crippen LogP contribution in [0.1, 0.15) is 58.8 Å². The van der Waals surface area contributed by atoms with Crippen molar-refractivity contribution in [3.63, 3.8) is 0 Å². The molecule has 0 spiro atoms. The second-order valence-corrected chi connectivity index (χ2v) is 4.59. The van der Waals surface area contributed by atoms with Gasteiger partial charge in [-0.25, -0.2) is 4.79 Å². The van der Waals surface area contributed by atoms with Gasteiger partial charge in [0.2, 0.25) is 0 Å². The molecular weight excluding hydrogens is 232 g/mol. The predicted molar refractivity (Wildman–Crippen MR) is 69.1 cm³/mol. The smallest absolute Gasteiger partial charge is 0.352 e. The molecule has 5 nitrogen and oxygen atoms in total. The lowest BCUT2D eigenvalue weighted by Gasteiger charge is -2.13. The molecule has 0 aliphatic heterocycles. The fourth-order valence-corrected chi connectivity index (χ4v) is 2.11. The zero-order chi connectivity index (χ0) is 13.9. The summed E-state index contributed by atoms with van der Waals surface area (Å²) in [6.07, 6.45) is 1.90. The number of amides is 1. The van der Waals surface area contributed by atoms with Gasteiger partial charge in [0.1, 0.15) is 5.69 Å². The number of aromatic carboxylic acids is 1. The summed E-state index contributed by atoms with van der Waals surface area (Å²) in [4.78, 5) is 25.8. The minimum absolute atomic E-state index is 0.0841. The van der Waals surface area contributed by atoms with Gasteiger partial charge in [0.15, 0.2) is 0 Å². The predicted octanol–water partition coefficient (Wildman–Crippen LogP) is 2.25. The number of carbonyl (C=O) groups is 2. The molecule has 0 aromatic carbocycles. The van der Waals surface area contributed by atoms with E-state index in [0.29, 0.717) is 16.8 Å². The summed E-state index contributed by atoms with van der Waals surface area (Å²) in [5, 5.41) is 11.9. The summed E-state index contributed by atoms with van der Waals surface area (Å²) in [5.41, 5.74) is 1.60. The highest BCUT2D eigenvalue weighted by molar-refractivity contribution is 6.00. The number of nitrogens with one attached hydrogen (secondary N) is 2. The number of hydrogen-bond donors (Lipinski definition) is 3. The molecule has 3 N–H and O–H groups in total. The zero-order valence-electron chi connectivity index (χ0n) is 11.3. The zero-order valence-corrected chi connectivity index (χ0v) is 11.3. The molecule has 0 fully saturated rings. The monoisotopic (exact) mass is 252 g/mol. The van der Waals surface area contributed by atoms with Gasteiger partial charge >= 0.3 is 5.97 Å². The highest BCUT2D eigenvalue weighted by atomic mass is 16.4. The largest absolute Gasteiger partial charge is 0.477 e. The van der Waals surface area contributed by atoms with E-state index in [2.05, 4.69) is 17.2 Å². The van der Waals surface area contributed by atoms with Gasteiger partial charge in [-0.2, -0.15) is 0 Å². The fraction of sp³-hybridized carbons (Fsp3) is 0.538. The highest BCUT2D eigenvalue weighted by Crippen LogP contribution is 2.18. The van der Waals surface area contributed by atoms with E-state index in [-0.39, 0.29) is 17.6 Å². The third-order valence-electron chi connectivity index (χ3n) is 2.98. The van der Waals surface area contributed by atoms with Gasteiger partial charge in [0.25, 0.3) is 5.91 Å². The van der Waals surface area contributed by atoms with Gasteiger partial charge in [-0.05, 0) is 32.8 Å². The third-order valence-corrected chi connectivity index (χ3v) is 2.98. The summed E-state index contributed by atoms with van der Waals surface area (Å²) in [5.74, 6) is -1.26. The minimum Gasteiger partial charge on any atom is -0.477 e. The molecule has 1 rings (SSSR count). The minimum atomic E-state index is -1.05. The van der Waals surface area contributed by atoms with E-state index in [1.54, 1.807) is 13.8 Å². The van der Waals surface area contributed by atoms with E-state index in [4.69, 9.17) is 5.11 Å². The van der Waals surface area contributed by atoms with Crippen LogP contribution in [-0.2, 0) is 0 Å². The maximum Gasteiger partial charge on any atom is 0.352 e. The Bertz CT molecular complexity index is 463. The first-order valence-corrected chi connectivity index (χ1v) is 6.11. The third kappa shape index (κ3) is 2.91. The Labute approximate surface area is 107 Å². The van der Waals surface area contributed by atoms with Gasteiger partial charge in [-0.1, -0.05) is 13.3 Å². The van der Waals surface area contributed by atoms with E-state index in [9.17, 15) is 9.59 Å². The number of rotatable bonds is 5. The second-order valence-electron chi connectivity index (χ2n) is 4.59. The molecule has 1 amide bonds. The molecule has 18 heavy (non-hydrogen) atoms. The number of aromatic nitrogens is 1. The number of H-pyrrole nitrogens is 1. The lowest BCUT2D eigenvalue weighted by atomic mass is 10.1. The number of carbonyl (C=O) groups excluding carboxylic acids is 1. The molecule has 0 bridgehead atoms. The Morgan fingerprint density at radius 1 is 1.39 bits per heavy atom. The molecular formula is C13H20N2O3. The normalized spacial score (nSPS) is 12.2. The molecule has 1 aromatic heterocycles. The van der Waals surface area contributed by atoms with Crippen LogP contribution in [0, 0.1) is 13.8 Å². The van der Waals surface area contributed by atoms with Crippen LogP contribution in [0.15, 0.2) is 0 Å². The Morgan fingerprint density at radius 3 is 2.44 bits per heavy atom. The van der Waals surface area contributed by atoms with Crippen molar-refractivity contribution in [2.45, 2.75) is 46.6 Å². The summed E-state index contributed by atoms with van der Waals surface area (Å²) < 4.78 is 0. The van der Waals surface area contributed by atoms with Crippen LogP contribution < -0.4 is 5.32 Å². The van der Waals surface area contributed by atoms with Gasteiger partial charge in [-0.3, -0.25) is 4.79 Å². The maximum absolute atomic E-state index is 12.1. The quantitative estimate of drug-likeness (QED) is 0.751. The standard InChI is InChI=1S/C13H20N2O3/c1-5-6-7(2)14-12(16)10-8(3)11(13(17)18)15-9(10)4/h7,15H,5-6H2,1-4H3,(H,14,16)(H,17,18). The van der Waals surface area contributed by atoms with Crippen molar-refractivity contribution in [3.05, 3.63) is 22.5 Å². The molecule has 0 radical (unpaired) electrons. The average molecular weight is 252 g/mol.